The van der Waals surface area contributed by atoms with Gasteiger partial charge in [0, 0.05) is 5.56 Å². The summed E-state index contributed by atoms with van der Waals surface area (Å²) in [6, 6.07) is 4.71. The molecule has 0 radical (unpaired) electrons. The number of carbonyl (C=O) groups excluding carboxylic acids is 1. The van der Waals surface area contributed by atoms with Crippen LogP contribution in [0.4, 0.5) is 19.0 Å². The minimum atomic E-state index is -4.55. The van der Waals surface area contributed by atoms with Gasteiger partial charge in [-0.15, -0.1) is 5.10 Å². The smallest absolute Gasteiger partial charge is 0.355 e. The Morgan fingerprint density at radius 3 is 2.68 bits per heavy atom. The first-order valence-electron chi connectivity index (χ1n) is 6.68. The third kappa shape index (κ3) is 5.02. The van der Waals surface area contributed by atoms with E-state index in [4.69, 9.17) is 0 Å². The van der Waals surface area contributed by atoms with Gasteiger partial charge in [0.25, 0.3) is 11.5 Å². The van der Waals surface area contributed by atoms with E-state index in [1.165, 1.54) is 18.2 Å². The van der Waals surface area contributed by atoms with E-state index in [9.17, 15) is 27.6 Å². The molecule has 4 N–H and O–H groups in total. The summed E-state index contributed by atoms with van der Waals surface area (Å²) in [5, 5.41) is 11.1. The van der Waals surface area contributed by atoms with E-state index in [0.29, 0.717) is 0 Å². The topological polar surface area (TPSA) is 132 Å². The maximum absolute atomic E-state index is 12.8. The number of hydrazone groups is 1. The lowest BCUT2D eigenvalue weighted by Crippen LogP contribution is -2.31. The summed E-state index contributed by atoms with van der Waals surface area (Å²) < 4.78 is 38.4. The highest BCUT2D eigenvalue weighted by Crippen LogP contribution is 2.30. The zero-order valence-electron chi connectivity index (χ0n) is 12.3. The lowest BCUT2D eigenvalue weighted by Gasteiger charge is -2.09. The van der Waals surface area contributed by atoms with Crippen molar-refractivity contribution in [3.05, 3.63) is 56.2 Å². The molecule has 9 nitrogen and oxygen atoms in total. The van der Waals surface area contributed by atoms with Gasteiger partial charge in [-0.1, -0.05) is 18.2 Å². The molecule has 0 fully saturated rings. The minimum absolute atomic E-state index is 0.220. The quantitative estimate of drug-likeness (QED) is 0.444. The number of rotatable bonds is 5. The van der Waals surface area contributed by atoms with Gasteiger partial charge in [-0.05, 0) is 6.07 Å². The number of hydrogen-bond donors (Lipinski definition) is 4. The Morgan fingerprint density at radius 1 is 1.28 bits per heavy atom. The normalized spacial score (nSPS) is 11.5. The number of amides is 1. The number of nitrogens with one attached hydrogen (secondary N) is 4. The summed E-state index contributed by atoms with van der Waals surface area (Å²) in [6.45, 7) is -0.444. The molecule has 0 spiro atoms. The third-order valence-corrected chi connectivity index (χ3v) is 2.79. The molecule has 1 heterocycles. The Bertz CT molecular complexity index is 903. The minimum Gasteiger partial charge on any atom is -0.355 e. The lowest BCUT2D eigenvalue weighted by molar-refractivity contribution is -0.137. The van der Waals surface area contributed by atoms with E-state index >= 15 is 0 Å². The number of halogens is 3. The molecule has 1 aromatic carbocycles. The van der Waals surface area contributed by atoms with Gasteiger partial charge in [0.1, 0.15) is 0 Å². The van der Waals surface area contributed by atoms with Gasteiger partial charge in [0.15, 0.2) is 0 Å². The molecule has 0 unspecified atom stereocenters. The van der Waals surface area contributed by atoms with Gasteiger partial charge in [-0.25, -0.2) is 15.3 Å². The number of aromatic amines is 2. The van der Waals surface area contributed by atoms with Crippen LogP contribution in [0.25, 0.3) is 0 Å². The lowest BCUT2D eigenvalue weighted by atomic mass is 10.1. The zero-order chi connectivity index (χ0) is 18.4. The van der Waals surface area contributed by atoms with Crippen molar-refractivity contribution in [3.63, 3.8) is 0 Å². The van der Waals surface area contributed by atoms with Crippen molar-refractivity contribution in [2.24, 2.45) is 5.10 Å². The molecule has 2 rings (SSSR count). The number of aromatic nitrogens is 3. The van der Waals surface area contributed by atoms with Crippen LogP contribution < -0.4 is 22.0 Å². The number of alkyl halides is 3. The van der Waals surface area contributed by atoms with Crippen molar-refractivity contribution in [1.29, 1.82) is 0 Å². The van der Waals surface area contributed by atoms with Crippen LogP contribution in [0.5, 0.6) is 0 Å². The van der Waals surface area contributed by atoms with E-state index in [2.05, 4.69) is 15.5 Å². The number of benzene rings is 1. The second-order valence-corrected chi connectivity index (χ2v) is 4.59. The summed E-state index contributed by atoms with van der Waals surface area (Å²) in [5.74, 6) is -1.05. The number of H-pyrrole nitrogens is 2. The second-order valence-electron chi connectivity index (χ2n) is 4.59. The predicted molar refractivity (Wildman–Crippen MR) is 81.1 cm³/mol. The van der Waals surface area contributed by atoms with Gasteiger partial charge in [-0.2, -0.15) is 18.3 Å². The van der Waals surface area contributed by atoms with Crippen molar-refractivity contribution in [1.82, 2.24) is 20.6 Å². The third-order valence-electron chi connectivity index (χ3n) is 2.79. The van der Waals surface area contributed by atoms with Crippen LogP contribution in [-0.2, 0) is 11.0 Å². The average Bonchev–Trinajstić information content (AvgIpc) is 2.53. The largest absolute Gasteiger partial charge is 0.417 e. The molecule has 0 aliphatic rings. The van der Waals surface area contributed by atoms with Crippen molar-refractivity contribution in [2.75, 3.05) is 11.9 Å². The molecule has 2 aromatic rings. The molecule has 0 saturated heterocycles. The van der Waals surface area contributed by atoms with E-state index in [1.807, 2.05) is 15.5 Å². The van der Waals surface area contributed by atoms with E-state index in [1.54, 1.807) is 0 Å². The van der Waals surface area contributed by atoms with Gasteiger partial charge in [0.05, 0.1) is 18.3 Å². The van der Waals surface area contributed by atoms with Crippen molar-refractivity contribution >= 4 is 17.9 Å². The Kier molecular flexibility index (Phi) is 5.31. The highest BCUT2D eigenvalue weighted by Gasteiger charge is 2.32. The molecule has 12 heteroatoms. The number of carbonyl (C=O) groups is 1. The van der Waals surface area contributed by atoms with Crippen molar-refractivity contribution < 1.29 is 18.0 Å². The summed E-state index contributed by atoms with van der Waals surface area (Å²) in [7, 11) is 0. The molecular formula is C13H11F3N6O3. The van der Waals surface area contributed by atoms with Crippen molar-refractivity contribution in [3.8, 4) is 0 Å². The standard InChI is InChI=1S/C13H11F3N6O3/c14-13(15,16)8-4-2-1-3-7(8)5-18-20-9(23)6-17-10-11(24)19-12(25)22-21-10/h1-5H,6H2,(H,17,21)(H,20,23)(H2,19,22,24,25)/b18-5+. The van der Waals surface area contributed by atoms with Gasteiger partial charge >= 0.3 is 11.9 Å². The first kappa shape index (κ1) is 17.9. The highest BCUT2D eigenvalue weighted by atomic mass is 19.4. The molecule has 132 valence electrons. The summed E-state index contributed by atoms with van der Waals surface area (Å²) in [5.41, 5.74) is -0.760. The molecule has 0 aliphatic heterocycles. The second kappa shape index (κ2) is 7.42. The fourth-order valence-electron chi connectivity index (χ4n) is 1.71. The predicted octanol–water partition coefficient (Wildman–Crippen LogP) is 0.0392. The fourth-order valence-corrected chi connectivity index (χ4v) is 1.71. The van der Waals surface area contributed by atoms with Gasteiger partial charge in [-0.3, -0.25) is 14.6 Å². The molecular weight excluding hydrogens is 345 g/mol. The van der Waals surface area contributed by atoms with Crippen LogP contribution in [-0.4, -0.2) is 33.8 Å². The average molecular weight is 356 g/mol. The molecule has 25 heavy (non-hydrogen) atoms. The number of anilines is 1. The van der Waals surface area contributed by atoms with Crippen LogP contribution in [0.3, 0.4) is 0 Å². The fraction of sp³-hybridized carbons (Fsp3) is 0.154. The first-order valence-corrected chi connectivity index (χ1v) is 6.68. The molecule has 0 saturated carbocycles. The molecule has 1 aromatic heterocycles. The van der Waals surface area contributed by atoms with Gasteiger partial charge < -0.3 is 5.32 Å². The number of hydrogen-bond acceptors (Lipinski definition) is 6. The van der Waals surface area contributed by atoms with Crippen LogP contribution in [0.15, 0.2) is 39.0 Å². The van der Waals surface area contributed by atoms with Crippen LogP contribution >= 0.6 is 0 Å². The molecule has 0 bridgehead atoms. The summed E-state index contributed by atoms with van der Waals surface area (Å²) in [6.07, 6.45) is -3.70. The Labute approximate surface area is 137 Å². The van der Waals surface area contributed by atoms with Crippen LogP contribution in [0.1, 0.15) is 11.1 Å². The van der Waals surface area contributed by atoms with Crippen LogP contribution in [0.2, 0.25) is 0 Å². The Hall–Kier alpha value is -3.44. The Morgan fingerprint density at radius 2 is 2.00 bits per heavy atom. The number of nitrogens with zero attached hydrogens (tertiary/aromatic N) is 2. The van der Waals surface area contributed by atoms with E-state index < -0.39 is 35.4 Å². The van der Waals surface area contributed by atoms with Gasteiger partial charge in [0.2, 0.25) is 5.82 Å². The summed E-state index contributed by atoms with van der Waals surface area (Å²) in [4.78, 5) is 35.5. The summed E-state index contributed by atoms with van der Waals surface area (Å²) >= 11 is 0. The SMILES string of the molecule is O=C(CNc1n[nH]c(=O)[nH]c1=O)N/N=C/c1ccccc1C(F)(F)F. The van der Waals surface area contributed by atoms with Crippen molar-refractivity contribution in [2.45, 2.75) is 6.18 Å². The molecule has 1 amide bonds. The maximum Gasteiger partial charge on any atom is 0.417 e. The highest BCUT2D eigenvalue weighted by molar-refractivity contribution is 5.85. The monoisotopic (exact) mass is 356 g/mol. The van der Waals surface area contributed by atoms with Crippen LogP contribution in [0, 0.1) is 0 Å². The zero-order valence-corrected chi connectivity index (χ0v) is 12.3. The van der Waals surface area contributed by atoms with E-state index in [0.717, 1.165) is 12.3 Å². The maximum atomic E-state index is 12.8. The van der Waals surface area contributed by atoms with E-state index in [-0.39, 0.29) is 11.4 Å². The molecule has 0 aliphatic carbocycles. The Balaban J connectivity index is 1.95. The molecule has 0 atom stereocenters. The first-order chi connectivity index (χ1) is 11.8.